The van der Waals surface area contributed by atoms with Gasteiger partial charge in [0.25, 0.3) is 0 Å². The van der Waals surface area contributed by atoms with Crippen molar-refractivity contribution in [1.29, 1.82) is 0 Å². The van der Waals surface area contributed by atoms with Crippen molar-refractivity contribution in [3.05, 3.63) is 52.5 Å². The first-order valence-electron chi connectivity index (χ1n) is 10.2. The molecule has 3 N–H and O–H groups in total. The molecule has 4 rings (SSSR count). The quantitative estimate of drug-likeness (QED) is 0.604. The third-order valence-corrected chi connectivity index (χ3v) is 7.02. The molecular formula is C23H26ClN3O3S. The number of thioether (sulfide) groups is 1. The van der Waals surface area contributed by atoms with Gasteiger partial charge in [-0.3, -0.25) is 14.9 Å². The highest BCUT2D eigenvalue weighted by atomic mass is 35.5. The smallest absolute Gasteiger partial charge is 0.250 e. The van der Waals surface area contributed by atoms with Crippen molar-refractivity contribution in [3.8, 4) is 5.75 Å². The van der Waals surface area contributed by atoms with Crippen molar-refractivity contribution in [2.45, 2.75) is 31.3 Å². The van der Waals surface area contributed by atoms with Gasteiger partial charge in [0.2, 0.25) is 11.8 Å². The van der Waals surface area contributed by atoms with Crippen molar-refractivity contribution >= 4 is 46.6 Å². The van der Waals surface area contributed by atoms with Crippen LogP contribution in [-0.2, 0) is 15.1 Å². The van der Waals surface area contributed by atoms with E-state index in [0.29, 0.717) is 28.6 Å². The molecule has 2 amide bonds. The number of carbonyl (C=O) groups is 2. The van der Waals surface area contributed by atoms with E-state index >= 15 is 0 Å². The maximum absolute atomic E-state index is 13.5. The molecule has 1 spiro atoms. The molecular weight excluding hydrogens is 434 g/mol. The molecule has 31 heavy (non-hydrogen) atoms. The van der Waals surface area contributed by atoms with Gasteiger partial charge in [-0.25, -0.2) is 0 Å². The van der Waals surface area contributed by atoms with Crippen LogP contribution in [0, 0.1) is 12.8 Å². The first-order valence-corrected chi connectivity index (χ1v) is 12.0. The Bertz CT molecular complexity index is 1010. The Kier molecular flexibility index (Phi) is 6.19. The summed E-state index contributed by atoms with van der Waals surface area (Å²) in [5.41, 5.74) is 1.82. The van der Waals surface area contributed by atoms with Crippen LogP contribution in [0.2, 0.25) is 5.02 Å². The number of aryl methyl sites for hydroxylation is 1. The summed E-state index contributed by atoms with van der Waals surface area (Å²) in [6.45, 7) is 1.94. The summed E-state index contributed by atoms with van der Waals surface area (Å²) in [6.07, 6.45) is 3.50. The molecule has 2 aliphatic rings. The summed E-state index contributed by atoms with van der Waals surface area (Å²) in [6, 6.07) is 11.0. The maximum atomic E-state index is 13.5. The van der Waals surface area contributed by atoms with Gasteiger partial charge in [-0.15, -0.1) is 0 Å². The summed E-state index contributed by atoms with van der Waals surface area (Å²) in [5, 5.41) is 9.94. The van der Waals surface area contributed by atoms with E-state index in [-0.39, 0.29) is 17.9 Å². The molecule has 0 aliphatic carbocycles. The number of nitrogens with one attached hydrogen (secondary N) is 3. The second-order valence-electron chi connectivity index (χ2n) is 8.06. The Hall–Kier alpha value is -2.22. The molecule has 3 atom stereocenters. The van der Waals surface area contributed by atoms with Gasteiger partial charge in [-0.2, -0.15) is 11.8 Å². The molecule has 0 bridgehead atoms. The lowest BCUT2D eigenvalue weighted by molar-refractivity contribution is -0.130. The standard InChI is InChI=1S/C23H26ClN3O3S/c1-13-10-17-20(19(24)11-13)26-22(29)23(17)18(12-15(27-23)8-9-31-3)21(28)25-14-4-6-16(30-2)7-5-14/h4-7,10-11,15,18,27H,8-9,12H2,1-3H3,(H,25,28)(H,26,29)/t15-,18+,23-/m0/s1. The van der Waals surface area contributed by atoms with Crippen LogP contribution in [0.3, 0.4) is 0 Å². The van der Waals surface area contributed by atoms with Crippen LogP contribution in [0.5, 0.6) is 5.75 Å². The van der Waals surface area contributed by atoms with Crippen molar-refractivity contribution in [3.63, 3.8) is 0 Å². The third-order valence-electron chi connectivity index (χ3n) is 6.08. The van der Waals surface area contributed by atoms with Gasteiger partial charge in [-0.1, -0.05) is 17.7 Å². The summed E-state index contributed by atoms with van der Waals surface area (Å²) < 4.78 is 5.19. The number of anilines is 2. The fourth-order valence-corrected chi connectivity index (χ4v) is 5.45. The van der Waals surface area contributed by atoms with Crippen LogP contribution in [0.4, 0.5) is 11.4 Å². The van der Waals surface area contributed by atoms with E-state index in [4.69, 9.17) is 16.3 Å². The summed E-state index contributed by atoms with van der Waals surface area (Å²) in [5.74, 6) is 0.675. The topological polar surface area (TPSA) is 79.5 Å². The zero-order valence-corrected chi connectivity index (χ0v) is 19.3. The van der Waals surface area contributed by atoms with Crippen molar-refractivity contribution in [2.24, 2.45) is 5.92 Å². The maximum Gasteiger partial charge on any atom is 0.250 e. The van der Waals surface area contributed by atoms with Gasteiger partial charge < -0.3 is 15.4 Å². The molecule has 8 heteroatoms. The zero-order chi connectivity index (χ0) is 22.2. The van der Waals surface area contributed by atoms with E-state index in [1.54, 1.807) is 43.1 Å². The van der Waals surface area contributed by atoms with Gasteiger partial charge >= 0.3 is 0 Å². The second-order valence-corrected chi connectivity index (χ2v) is 9.45. The second kappa shape index (κ2) is 8.73. The minimum Gasteiger partial charge on any atom is -0.497 e. The summed E-state index contributed by atoms with van der Waals surface area (Å²) >= 11 is 8.20. The number of carbonyl (C=O) groups excluding carboxylic acids is 2. The van der Waals surface area contributed by atoms with Crippen molar-refractivity contribution < 1.29 is 14.3 Å². The lowest BCUT2D eigenvalue weighted by Gasteiger charge is -2.29. The third kappa shape index (κ3) is 3.90. The van der Waals surface area contributed by atoms with Gasteiger partial charge in [-0.05, 0) is 67.7 Å². The number of amides is 2. The van der Waals surface area contributed by atoms with Crippen LogP contribution in [-0.4, -0.2) is 37.0 Å². The molecule has 164 valence electrons. The van der Waals surface area contributed by atoms with E-state index in [1.807, 2.05) is 19.1 Å². The summed E-state index contributed by atoms with van der Waals surface area (Å²) in [7, 11) is 1.60. The number of halogens is 1. The molecule has 0 radical (unpaired) electrons. The Morgan fingerprint density at radius 3 is 2.74 bits per heavy atom. The predicted octanol–water partition coefficient (Wildman–Crippen LogP) is 4.17. The monoisotopic (exact) mass is 459 g/mol. The minimum atomic E-state index is -1.13. The first kappa shape index (κ1) is 22.0. The molecule has 2 aromatic rings. The van der Waals surface area contributed by atoms with Crippen LogP contribution >= 0.6 is 23.4 Å². The zero-order valence-electron chi connectivity index (χ0n) is 17.8. The van der Waals surface area contributed by atoms with Gasteiger partial charge in [0, 0.05) is 17.3 Å². The van der Waals surface area contributed by atoms with Crippen LogP contribution in [0.1, 0.15) is 24.0 Å². The van der Waals surface area contributed by atoms with E-state index in [9.17, 15) is 9.59 Å². The molecule has 6 nitrogen and oxygen atoms in total. The Balaban J connectivity index is 1.71. The number of hydrogen-bond donors (Lipinski definition) is 3. The first-order chi connectivity index (χ1) is 14.9. The molecule has 2 heterocycles. The average molecular weight is 460 g/mol. The normalized spacial score (nSPS) is 24.2. The van der Waals surface area contributed by atoms with Crippen molar-refractivity contribution in [1.82, 2.24) is 5.32 Å². The van der Waals surface area contributed by atoms with Gasteiger partial charge in [0.15, 0.2) is 0 Å². The molecule has 0 saturated carbocycles. The van der Waals surface area contributed by atoms with Crippen LogP contribution in [0.25, 0.3) is 0 Å². The largest absolute Gasteiger partial charge is 0.497 e. The minimum absolute atomic E-state index is 0.0510. The van der Waals surface area contributed by atoms with E-state index in [2.05, 4.69) is 22.2 Å². The predicted molar refractivity (Wildman–Crippen MR) is 126 cm³/mol. The average Bonchev–Trinajstić information content (AvgIpc) is 3.27. The molecule has 0 aromatic heterocycles. The molecule has 2 aromatic carbocycles. The van der Waals surface area contributed by atoms with E-state index in [1.165, 1.54) is 0 Å². The van der Waals surface area contributed by atoms with Crippen LogP contribution in [0.15, 0.2) is 36.4 Å². The highest BCUT2D eigenvalue weighted by Gasteiger charge is 2.60. The Morgan fingerprint density at radius 2 is 2.06 bits per heavy atom. The number of fused-ring (bicyclic) bond motifs is 2. The number of hydrogen-bond acceptors (Lipinski definition) is 5. The fraction of sp³-hybridized carbons (Fsp3) is 0.391. The Labute approximate surface area is 191 Å². The fourth-order valence-electron chi connectivity index (χ4n) is 4.60. The lowest BCUT2D eigenvalue weighted by atomic mass is 9.79. The number of methoxy groups -OCH3 is 1. The molecule has 1 saturated heterocycles. The highest BCUT2D eigenvalue weighted by molar-refractivity contribution is 7.98. The van der Waals surface area contributed by atoms with Crippen LogP contribution < -0.4 is 20.7 Å². The number of benzene rings is 2. The molecule has 2 aliphatic heterocycles. The Morgan fingerprint density at radius 1 is 1.32 bits per heavy atom. The number of rotatable bonds is 6. The molecule has 0 unspecified atom stereocenters. The molecule has 1 fully saturated rings. The SMILES string of the molecule is COc1ccc(NC(=O)[C@H]2C[C@H](CCSC)N[C@]23C(=O)Nc2c(Cl)cc(C)cc23)cc1. The lowest BCUT2D eigenvalue weighted by Crippen LogP contribution is -2.52. The van der Waals surface area contributed by atoms with E-state index in [0.717, 1.165) is 23.3 Å². The highest BCUT2D eigenvalue weighted by Crippen LogP contribution is 2.50. The van der Waals surface area contributed by atoms with E-state index < -0.39 is 11.5 Å². The van der Waals surface area contributed by atoms with Gasteiger partial charge in [0.1, 0.15) is 11.3 Å². The number of ether oxygens (including phenoxy) is 1. The van der Waals surface area contributed by atoms with Crippen molar-refractivity contribution in [2.75, 3.05) is 29.8 Å². The van der Waals surface area contributed by atoms with Gasteiger partial charge in [0.05, 0.1) is 23.7 Å². The summed E-state index contributed by atoms with van der Waals surface area (Å²) in [4.78, 5) is 26.8.